The third-order valence-corrected chi connectivity index (χ3v) is 4.13. The lowest BCUT2D eigenvalue weighted by Gasteiger charge is -2.03. The third kappa shape index (κ3) is 2.24. The summed E-state index contributed by atoms with van der Waals surface area (Å²) in [5.41, 5.74) is 0.987. The maximum atomic E-state index is 12.2. The predicted octanol–water partition coefficient (Wildman–Crippen LogP) is 2.72. The molecule has 1 unspecified atom stereocenters. The van der Waals surface area contributed by atoms with Gasteiger partial charge in [0.15, 0.2) is 11.5 Å². The van der Waals surface area contributed by atoms with Crippen molar-refractivity contribution in [2.45, 2.75) is 10.6 Å². The molecule has 2 aromatic rings. The summed E-state index contributed by atoms with van der Waals surface area (Å²) in [6.07, 6.45) is 0. The molecule has 18 heavy (non-hydrogen) atoms. The predicted molar refractivity (Wildman–Crippen MR) is 69.1 cm³/mol. The number of benzene rings is 2. The number of hydrogen-bond donors (Lipinski definition) is 0. The molecule has 92 valence electrons. The molecular formula is C14H12O3S. The van der Waals surface area contributed by atoms with Crippen molar-refractivity contribution in [3.8, 4) is 11.5 Å². The van der Waals surface area contributed by atoms with Gasteiger partial charge in [0.25, 0.3) is 0 Å². The van der Waals surface area contributed by atoms with Crippen molar-refractivity contribution in [3.05, 3.63) is 54.1 Å². The van der Waals surface area contributed by atoms with E-state index in [1.165, 1.54) is 0 Å². The van der Waals surface area contributed by atoms with Gasteiger partial charge in [0.05, 0.1) is 16.6 Å². The molecule has 1 atom stereocenters. The Balaban J connectivity index is 1.79. The second-order valence-electron chi connectivity index (χ2n) is 3.99. The Morgan fingerprint density at radius 3 is 2.61 bits per heavy atom. The van der Waals surface area contributed by atoms with Crippen LogP contribution in [0, 0.1) is 0 Å². The van der Waals surface area contributed by atoms with Gasteiger partial charge >= 0.3 is 0 Å². The van der Waals surface area contributed by atoms with Crippen molar-refractivity contribution >= 4 is 10.8 Å². The van der Waals surface area contributed by atoms with Crippen molar-refractivity contribution in [2.75, 3.05) is 6.79 Å². The van der Waals surface area contributed by atoms with Crippen molar-refractivity contribution in [1.82, 2.24) is 0 Å². The fourth-order valence-electron chi connectivity index (χ4n) is 1.84. The van der Waals surface area contributed by atoms with Crippen LogP contribution in [0.2, 0.25) is 0 Å². The Labute approximate surface area is 108 Å². The molecule has 1 aliphatic rings. The summed E-state index contributed by atoms with van der Waals surface area (Å²) in [4.78, 5) is 0.843. The first kappa shape index (κ1) is 11.3. The smallest absolute Gasteiger partial charge is 0.231 e. The topological polar surface area (TPSA) is 35.5 Å². The molecule has 3 nitrogen and oxygen atoms in total. The molecule has 0 amide bonds. The van der Waals surface area contributed by atoms with E-state index < -0.39 is 10.8 Å². The van der Waals surface area contributed by atoms with Crippen LogP contribution < -0.4 is 9.47 Å². The van der Waals surface area contributed by atoms with Crippen LogP contribution >= 0.6 is 0 Å². The largest absolute Gasteiger partial charge is 0.454 e. The molecule has 2 aromatic carbocycles. The minimum Gasteiger partial charge on any atom is -0.454 e. The first-order valence-corrected chi connectivity index (χ1v) is 6.97. The molecular weight excluding hydrogens is 248 g/mol. The lowest BCUT2D eigenvalue weighted by Crippen LogP contribution is -1.96. The van der Waals surface area contributed by atoms with Gasteiger partial charge in [-0.05, 0) is 29.8 Å². The molecule has 3 rings (SSSR count). The van der Waals surface area contributed by atoms with Gasteiger partial charge < -0.3 is 9.47 Å². The van der Waals surface area contributed by atoms with Gasteiger partial charge in [-0.15, -0.1) is 0 Å². The molecule has 0 N–H and O–H groups in total. The van der Waals surface area contributed by atoms with Crippen LogP contribution in [0.1, 0.15) is 5.56 Å². The van der Waals surface area contributed by atoms with Gasteiger partial charge in [0, 0.05) is 4.90 Å². The van der Waals surface area contributed by atoms with Crippen LogP contribution in [-0.2, 0) is 16.6 Å². The van der Waals surface area contributed by atoms with Crippen LogP contribution in [0.3, 0.4) is 0 Å². The highest BCUT2D eigenvalue weighted by atomic mass is 32.2. The molecule has 1 aliphatic heterocycles. The van der Waals surface area contributed by atoms with Gasteiger partial charge in [0.2, 0.25) is 6.79 Å². The van der Waals surface area contributed by atoms with Gasteiger partial charge in [0.1, 0.15) is 0 Å². The van der Waals surface area contributed by atoms with Crippen LogP contribution in [-0.4, -0.2) is 11.0 Å². The number of ether oxygens (including phenoxy) is 2. The van der Waals surface area contributed by atoms with E-state index in [1.807, 2.05) is 48.5 Å². The minimum absolute atomic E-state index is 0.264. The molecule has 4 heteroatoms. The van der Waals surface area contributed by atoms with E-state index in [0.29, 0.717) is 5.75 Å². The first-order valence-electron chi connectivity index (χ1n) is 5.65. The van der Waals surface area contributed by atoms with E-state index in [9.17, 15) is 4.21 Å². The van der Waals surface area contributed by atoms with E-state index in [4.69, 9.17) is 9.47 Å². The van der Waals surface area contributed by atoms with Crippen molar-refractivity contribution in [3.63, 3.8) is 0 Å². The zero-order valence-electron chi connectivity index (χ0n) is 9.67. The summed E-state index contributed by atoms with van der Waals surface area (Å²) in [7, 11) is -1.03. The minimum atomic E-state index is -1.03. The van der Waals surface area contributed by atoms with Crippen molar-refractivity contribution in [1.29, 1.82) is 0 Å². The molecule has 0 aliphatic carbocycles. The highest BCUT2D eigenvalue weighted by Gasteiger charge is 2.14. The first-order chi connectivity index (χ1) is 8.83. The SMILES string of the molecule is O=S(Cc1ccc2c(c1)OCO2)c1ccccc1. The molecule has 0 bridgehead atoms. The van der Waals surface area contributed by atoms with Gasteiger partial charge in [-0.2, -0.15) is 0 Å². The van der Waals surface area contributed by atoms with Crippen molar-refractivity contribution < 1.29 is 13.7 Å². The van der Waals surface area contributed by atoms with Gasteiger partial charge in [-0.1, -0.05) is 24.3 Å². The Morgan fingerprint density at radius 2 is 1.78 bits per heavy atom. The molecule has 0 radical (unpaired) electrons. The van der Waals surface area contributed by atoms with E-state index in [2.05, 4.69) is 0 Å². The molecule has 0 fully saturated rings. The number of fused-ring (bicyclic) bond motifs is 1. The maximum Gasteiger partial charge on any atom is 0.231 e. The summed E-state index contributed by atoms with van der Waals surface area (Å²) in [5.74, 6) is 1.97. The van der Waals surface area contributed by atoms with Crippen LogP contribution in [0.25, 0.3) is 0 Å². The lowest BCUT2D eigenvalue weighted by molar-refractivity contribution is 0.174. The summed E-state index contributed by atoms with van der Waals surface area (Å²) in [6, 6.07) is 15.1. The third-order valence-electron chi connectivity index (χ3n) is 2.74. The van der Waals surface area contributed by atoms with Crippen LogP contribution in [0.15, 0.2) is 53.4 Å². The molecule has 0 aromatic heterocycles. The van der Waals surface area contributed by atoms with E-state index in [-0.39, 0.29) is 6.79 Å². The average Bonchev–Trinajstić information content (AvgIpc) is 2.87. The monoisotopic (exact) mass is 260 g/mol. The Kier molecular flexibility index (Phi) is 3.02. The number of hydrogen-bond acceptors (Lipinski definition) is 3. The molecule has 0 spiro atoms. The van der Waals surface area contributed by atoms with Gasteiger partial charge in [-0.25, -0.2) is 0 Å². The Hall–Kier alpha value is -1.81. The van der Waals surface area contributed by atoms with Crippen LogP contribution in [0.5, 0.6) is 11.5 Å². The zero-order valence-corrected chi connectivity index (χ0v) is 10.5. The van der Waals surface area contributed by atoms with Gasteiger partial charge in [-0.3, -0.25) is 4.21 Å². The molecule has 0 saturated carbocycles. The quantitative estimate of drug-likeness (QED) is 0.851. The summed E-state index contributed by atoms with van der Waals surface area (Å²) < 4.78 is 22.7. The standard InChI is InChI=1S/C14H12O3S/c15-18(12-4-2-1-3-5-12)9-11-6-7-13-14(8-11)17-10-16-13/h1-8H,9-10H2. The summed E-state index contributed by atoms with van der Waals surface area (Å²) in [5, 5.41) is 0. The summed E-state index contributed by atoms with van der Waals surface area (Å²) in [6.45, 7) is 0.264. The number of rotatable bonds is 3. The van der Waals surface area contributed by atoms with E-state index >= 15 is 0 Å². The normalized spacial score (nSPS) is 14.4. The van der Waals surface area contributed by atoms with Crippen molar-refractivity contribution in [2.24, 2.45) is 0 Å². The maximum absolute atomic E-state index is 12.2. The Bertz CT molecular complexity index is 581. The molecule has 0 saturated heterocycles. The zero-order chi connectivity index (χ0) is 12.4. The summed E-state index contributed by atoms with van der Waals surface area (Å²) >= 11 is 0. The molecule has 1 heterocycles. The Morgan fingerprint density at radius 1 is 1.00 bits per heavy atom. The fraction of sp³-hybridized carbons (Fsp3) is 0.143. The van der Waals surface area contributed by atoms with Crippen LogP contribution in [0.4, 0.5) is 0 Å². The fourth-order valence-corrected chi connectivity index (χ4v) is 2.95. The lowest BCUT2D eigenvalue weighted by atomic mass is 10.2. The highest BCUT2D eigenvalue weighted by molar-refractivity contribution is 7.84. The van der Waals surface area contributed by atoms with E-state index in [1.54, 1.807) is 0 Å². The average molecular weight is 260 g/mol. The second kappa shape index (κ2) is 4.82. The van der Waals surface area contributed by atoms with E-state index in [0.717, 1.165) is 22.0 Å². The second-order valence-corrected chi connectivity index (χ2v) is 5.44. The highest BCUT2D eigenvalue weighted by Crippen LogP contribution is 2.33.